The number of hydrogen-bond acceptors (Lipinski definition) is 4. The Balaban J connectivity index is 1.76. The van der Waals surface area contributed by atoms with E-state index in [9.17, 15) is 18.8 Å². The van der Waals surface area contributed by atoms with Crippen LogP contribution in [0.25, 0.3) is 5.69 Å². The number of carbonyl (C=O) groups is 1. The molecule has 0 aliphatic rings. The van der Waals surface area contributed by atoms with E-state index in [1.165, 1.54) is 36.2 Å². The van der Waals surface area contributed by atoms with Gasteiger partial charge in [-0.05, 0) is 29.8 Å². The molecule has 1 aromatic heterocycles. The van der Waals surface area contributed by atoms with Gasteiger partial charge < -0.3 is 10.1 Å². The predicted octanol–water partition coefficient (Wildman–Crippen LogP) is 1.46. The molecule has 0 aliphatic heterocycles. The molecule has 2 aromatic carbocycles. The first kappa shape index (κ1) is 19.1. The first-order chi connectivity index (χ1) is 13.5. The minimum absolute atomic E-state index is 0.187. The minimum atomic E-state index is -0.828. The van der Waals surface area contributed by atoms with Gasteiger partial charge in [-0.1, -0.05) is 24.3 Å². The molecule has 0 fully saturated rings. The molecule has 0 aliphatic carbocycles. The molecule has 1 N–H and O–H groups in total. The molecule has 1 heterocycles. The van der Waals surface area contributed by atoms with E-state index in [0.29, 0.717) is 17.0 Å². The lowest BCUT2D eigenvalue weighted by atomic mass is 10.2. The van der Waals surface area contributed by atoms with Crippen LogP contribution >= 0.6 is 0 Å². The number of benzene rings is 2. The van der Waals surface area contributed by atoms with Gasteiger partial charge in [0.05, 0.1) is 12.8 Å². The maximum absolute atomic E-state index is 12.9. The highest BCUT2D eigenvalue weighted by Gasteiger charge is 2.12. The fraction of sp³-hybridized carbons (Fsp3) is 0.150. The Morgan fingerprint density at radius 2 is 1.75 bits per heavy atom. The highest BCUT2D eigenvalue weighted by atomic mass is 19.1. The Bertz CT molecular complexity index is 1100. The number of nitrogens with one attached hydrogen (secondary N) is 1. The van der Waals surface area contributed by atoms with Crippen molar-refractivity contribution < 1.29 is 13.9 Å². The second kappa shape index (κ2) is 8.34. The zero-order valence-corrected chi connectivity index (χ0v) is 15.1. The van der Waals surface area contributed by atoms with Crippen LogP contribution in [0.2, 0.25) is 0 Å². The zero-order valence-electron chi connectivity index (χ0n) is 15.1. The Morgan fingerprint density at radius 1 is 1.04 bits per heavy atom. The van der Waals surface area contributed by atoms with Gasteiger partial charge in [-0.25, -0.2) is 4.39 Å². The van der Waals surface area contributed by atoms with E-state index in [1.807, 2.05) is 0 Å². The number of para-hydroxylation sites is 2. The molecule has 0 unspecified atom stereocenters. The van der Waals surface area contributed by atoms with Crippen molar-refractivity contribution in [1.29, 1.82) is 0 Å². The van der Waals surface area contributed by atoms with Crippen LogP contribution in [0.4, 0.5) is 4.39 Å². The molecule has 1 amide bonds. The monoisotopic (exact) mass is 383 g/mol. The first-order valence-corrected chi connectivity index (χ1v) is 8.46. The van der Waals surface area contributed by atoms with Gasteiger partial charge in [0.2, 0.25) is 5.91 Å². The molecular formula is C20H18FN3O4. The van der Waals surface area contributed by atoms with Crippen molar-refractivity contribution in [1.82, 2.24) is 14.5 Å². The van der Waals surface area contributed by atoms with Gasteiger partial charge in [-0.2, -0.15) is 0 Å². The van der Waals surface area contributed by atoms with Crippen LogP contribution < -0.4 is 21.2 Å². The zero-order chi connectivity index (χ0) is 20.1. The van der Waals surface area contributed by atoms with Crippen molar-refractivity contribution in [3.05, 3.63) is 93.0 Å². The van der Waals surface area contributed by atoms with Gasteiger partial charge in [0.25, 0.3) is 0 Å². The minimum Gasteiger partial charge on any atom is -0.495 e. The molecule has 0 spiro atoms. The molecular weight excluding hydrogens is 365 g/mol. The molecule has 7 nitrogen and oxygen atoms in total. The lowest BCUT2D eigenvalue weighted by Crippen LogP contribution is -2.42. The molecule has 0 saturated heterocycles. The molecule has 28 heavy (non-hydrogen) atoms. The first-order valence-electron chi connectivity index (χ1n) is 8.46. The summed E-state index contributed by atoms with van der Waals surface area (Å²) in [5.41, 5.74) is -0.475. The lowest BCUT2D eigenvalue weighted by molar-refractivity contribution is -0.121. The largest absolute Gasteiger partial charge is 0.495 e. The van der Waals surface area contributed by atoms with Crippen molar-refractivity contribution in [2.75, 3.05) is 7.11 Å². The fourth-order valence-electron chi connectivity index (χ4n) is 2.66. The normalized spacial score (nSPS) is 10.5. The van der Waals surface area contributed by atoms with Crippen LogP contribution in [0.3, 0.4) is 0 Å². The van der Waals surface area contributed by atoms with Crippen molar-refractivity contribution >= 4 is 5.91 Å². The molecule has 0 atom stereocenters. The quantitative estimate of drug-likeness (QED) is 0.654. The van der Waals surface area contributed by atoms with Crippen molar-refractivity contribution in [2.45, 2.75) is 13.1 Å². The molecule has 0 radical (unpaired) electrons. The number of hydrogen-bond donors (Lipinski definition) is 1. The van der Waals surface area contributed by atoms with Crippen LogP contribution in [0, 0.1) is 5.82 Å². The summed E-state index contributed by atoms with van der Waals surface area (Å²) in [5.74, 6) is -0.364. The number of aromatic nitrogens is 2. The summed E-state index contributed by atoms with van der Waals surface area (Å²) in [7, 11) is 1.47. The van der Waals surface area contributed by atoms with Crippen LogP contribution in [-0.4, -0.2) is 22.2 Å². The Kier molecular flexibility index (Phi) is 5.69. The average Bonchev–Trinajstić information content (AvgIpc) is 2.71. The summed E-state index contributed by atoms with van der Waals surface area (Å²) in [5, 5.41) is 2.63. The number of rotatable bonds is 6. The second-order valence-electron chi connectivity index (χ2n) is 5.98. The van der Waals surface area contributed by atoms with E-state index in [4.69, 9.17) is 4.74 Å². The molecule has 0 bridgehead atoms. The summed E-state index contributed by atoms with van der Waals surface area (Å²) in [6, 6.07) is 12.5. The van der Waals surface area contributed by atoms with Gasteiger partial charge >= 0.3 is 11.1 Å². The Morgan fingerprint density at radius 3 is 2.46 bits per heavy atom. The summed E-state index contributed by atoms with van der Waals surface area (Å²) >= 11 is 0. The van der Waals surface area contributed by atoms with Gasteiger partial charge in [0.1, 0.15) is 18.1 Å². The standard InChI is InChI=1S/C20H18FN3O4/c1-28-17-5-3-2-4-16(17)24-11-10-23(19(26)20(24)27)13-18(25)22-12-14-6-8-15(21)9-7-14/h2-11H,12-13H2,1H3,(H,22,25). The van der Waals surface area contributed by atoms with Gasteiger partial charge in [-0.3, -0.25) is 23.5 Å². The van der Waals surface area contributed by atoms with Crippen LogP contribution in [0.5, 0.6) is 5.75 Å². The Labute approximate surface area is 159 Å². The molecule has 0 saturated carbocycles. The number of carbonyl (C=O) groups excluding carboxylic acids is 1. The lowest BCUT2D eigenvalue weighted by Gasteiger charge is -2.12. The second-order valence-corrected chi connectivity index (χ2v) is 5.98. The molecule has 144 valence electrons. The van der Waals surface area contributed by atoms with E-state index in [1.54, 1.807) is 36.4 Å². The number of halogens is 1. The van der Waals surface area contributed by atoms with E-state index < -0.39 is 17.0 Å². The smallest absolute Gasteiger partial charge is 0.321 e. The van der Waals surface area contributed by atoms with Crippen molar-refractivity contribution in [2.24, 2.45) is 0 Å². The van der Waals surface area contributed by atoms with E-state index in [2.05, 4.69) is 5.32 Å². The van der Waals surface area contributed by atoms with Gasteiger partial charge in [0, 0.05) is 18.9 Å². The maximum Gasteiger partial charge on any atom is 0.321 e. The van der Waals surface area contributed by atoms with E-state index in [0.717, 1.165) is 4.57 Å². The summed E-state index contributed by atoms with van der Waals surface area (Å²) < 4.78 is 20.3. The topological polar surface area (TPSA) is 82.3 Å². The van der Waals surface area contributed by atoms with Crippen molar-refractivity contribution in [3.63, 3.8) is 0 Å². The Hall–Kier alpha value is -3.68. The highest BCUT2D eigenvalue weighted by Crippen LogP contribution is 2.19. The molecule has 8 heteroatoms. The number of ether oxygens (including phenoxy) is 1. The van der Waals surface area contributed by atoms with E-state index in [-0.39, 0.29) is 18.9 Å². The summed E-state index contributed by atoms with van der Waals surface area (Å²) in [4.78, 5) is 36.9. The number of nitrogens with zero attached hydrogens (tertiary/aromatic N) is 2. The molecule has 3 aromatic rings. The van der Waals surface area contributed by atoms with Crippen LogP contribution in [0.1, 0.15) is 5.56 Å². The van der Waals surface area contributed by atoms with Gasteiger partial charge in [-0.15, -0.1) is 0 Å². The van der Waals surface area contributed by atoms with Crippen LogP contribution in [-0.2, 0) is 17.9 Å². The summed E-state index contributed by atoms with van der Waals surface area (Å²) in [6.45, 7) is -0.117. The third kappa shape index (κ3) is 4.17. The van der Waals surface area contributed by atoms with E-state index >= 15 is 0 Å². The average molecular weight is 383 g/mol. The SMILES string of the molecule is COc1ccccc1-n1ccn(CC(=O)NCc2ccc(F)cc2)c(=O)c1=O. The predicted molar refractivity (Wildman–Crippen MR) is 101 cm³/mol. The van der Waals surface area contributed by atoms with Crippen molar-refractivity contribution in [3.8, 4) is 11.4 Å². The molecule has 3 rings (SSSR count). The van der Waals surface area contributed by atoms with Gasteiger partial charge in [0.15, 0.2) is 0 Å². The summed E-state index contributed by atoms with van der Waals surface area (Å²) in [6.07, 6.45) is 2.78. The number of methoxy groups -OCH3 is 1. The number of amides is 1. The maximum atomic E-state index is 12.9. The third-order valence-electron chi connectivity index (χ3n) is 4.12. The third-order valence-corrected chi connectivity index (χ3v) is 4.12. The van der Waals surface area contributed by atoms with Crippen LogP contribution in [0.15, 0.2) is 70.5 Å². The highest BCUT2D eigenvalue weighted by molar-refractivity contribution is 5.75. The fourth-order valence-corrected chi connectivity index (χ4v) is 2.66.